The van der Waals surface area contributed by atoms with Crippen LogP contribution >= 0.6 is 11.6 Å². The van der Waals surface area contributed by atoms with Crippen molar-refractivity contribution in [3.63, 3.8) is 0 Å². The van der Waals surface area contributed by atoms with E-state index in [0.29, 0.717) is 17.3 Å². The van der Waals surface area contributed by atoms with Gasteiger partial charge < -0.3 is 15.0 Å². The molecule has 1 amide bonds. The average Bonchev–Trinajstić information content (AvgIpc) is 2.45. The van der Waals surface area contributed by atoms with Gasteiger partial charge in [-0.05, 0) is 45.4 Å². The summed E-state index contributed by atoms with van der Waals surface area (Å²) in [5, 5.41) is 3.90. The van der Waals surface area contributed by atoms with Crippen molar-refractivity contribution in [1.29, 1.82) is 0 Å². The van der Waals surface area contributed by atoms with E-state index < -0.39 is 6.10 Å². The molecule has 4 nitrogen and oxygen atoms in total. The lowest BCUT2D eigenvalue weighted by Crippen LogP contribution is -2.59. The summed E-state index contributed by atoms with van der Waals surface area (Å²) >= 11 is 6.12. The maximum absolute atomic E-state index is 12.6. The van der Waals surface area contributed by atoms with Gasteiger partial charge in [-0.25, -0.2) is 0 Å². The van der Waals surface area contributed by atoms with E-state index in [1.165, 1.54) is 0 Å². The first-order valence-corrected chi connectivity index (χ1v) is 7.74. The standard InChI is InChI=1S/C16H23ClN2O2/c1-10-5-6-14(17)15(9-10)21-13(4)16(20)19-8-7-18-11(2)12(19)3/h5-6,9,11-13,18H,7-8H2,1-4H3. The third-order valence-corrected chi connectivity index (χ3v) is 4.37. The van der Waals surface area contributed by atoms with Crippen molar-refractivity contribution >= 4 is 17.5 Å². The van der Waals surface area contributed by atoms with Gasteiger partial charge >= 0.3 is 0 Å². The van der Waals surface area contributed by atoms with E-state index in [2.05, 4.69) is 19.2 Å². The van der Waals surface area contributed by atoms with Gasteiger partial charge in [0.15, 0.2) is 6.10 Å². The molecule has 2 rings (SSSR count). The first kappa shape index (κ1) is 16.1. The summed E-state index contributed by atoms with van der Waals surface area (Å²) in [5.41, 5.74) is 1.05. The Morgan fingerprint density at radius 2 is 2.19 bits per heavy atom. The fraction of sp³-hybridized carbons (Fsp3) is 0.562. The van der Waals surface area contributed by atoms with Gasteiger partial charge in [0, 0.05) is 25.2 Å². The quantitative estimate of drug-likeness (QED) is 0.933. The van der Waals surface area contributed by atoms with Gasteiger partial charge in [-0.3, -0.25) is 4.79 Å². The summed E-state index contributed by atoms with van der Waals surface area (Å²) < 4.78 is 5.78. The molecule has 1 aromatic carbocycles. The minimum Gasteiger partial charge on any atom is -0.479 e. The topological polar surface area (TPSA) is 41.6 Å². The van der Waals surface area contributed by atoms with Crippen molar-refractivity contribution in [2.75, 3.05) is 13.1 Å². The second-order valence-corrected chi connectivity index (χ2v) is 6.12. The first-order valence-electron chi connectivity index (χ1n) is 7.37. The fourth-order valence-electron chi connectivity index (χ4n) is 2.54. The van der Waals surface area contributed by atoms with Crippen LogP contribution in [0.15, 0.2) is 18.2 Å². The van der Waals surface area contributed by atoms with Crippen LogP contribution in [0.5, 0.6) is 5.75 Å². The van der Waals surface area contributed by atoms with Crippen LogP contribution in [0.4, 0.5) is 0 Å². The third-order valence-electron chi connectivity index (χ3n) is 4.06. The maximum atomic E-state index is 12.6. The van der Waals surface area contributed by atoms with Crippen LogP contribution in [0.25, 0.3) is 0 Å². The molecule has 1 aromatic rings. The summed E-state index contributed by atoms with van der Waals surface area (Å²) in [4.78, 5) is 14.5. The second kappa shape index (κ2) is 6.67. The van der Waals surface area contributed by atoms with E-state index in [1.807, 2.05) is 24.0 Å². The number of hydrogen-bond donors (Lipinski definition) is 1. The lowest BCUT2D eigenvalue weighted by Gasteiger charge is -2.39. The van der Waals surface area contributed by atoms with E-state index in [1.54, 1.807) is 13.0 Å². The molecule has 1 fully saturated rings. The number of benzene rings is 1. The number of ether oxygens (including phenoxy) is 1. The van der Waals surface area contributed by atoms with E-state index in [4.69, 9.17) is 16.3 Å². The Kier molecular flexibility index (Phi) is 5.12. The Balaban J connectivity index is 2.07. The zero-order valence-corrected chi connectivity index (χ0v) is 13.8. The third kappa shape index (κ3) is 3.69. The van der Waals surface area contributed by atoms with Crippen molar-refractivity contribution in [2.24, 2.45) is 0 Å². The zero-order chi connectivity index (χ0) is 15.6. The van der Waals surface area contributed by atoms with Gasteiger partial charge in [-0.1, -0.05) is 17.7 Å². The van der Waals surface area contributed by atoms with E-state index in [-0.39, 0.29) is 18.0 Å². The molecular weight excluding hydrogens is 288 g/mol. The lowest BCUT2D eigenvalue weighted by molar-refractivity contribution is -0.141. The van der Waals surface area contributed by atoms with Gasteiger partial charge in [0.1, 0.15) is 5.75 Å². The Morgan fingerprint density at radius 1 is 1.48 bits per heavy atom. The largest absolute Gasteiger partial charge is 0.479 e. The Morgan fingerprint density at radius 3 is 2.90 bits per heavy atom. The number of piperazine rings is 1. The number of carbonyl (C=O) groups is 1. The molecule has 5 heteroatoms. The first-order chi connectivity index (χ1) is 9.90. The minimum absolute atomic E-state index is 0.00780. The monoisotopic (exact) mass is 310 g/mol. The van der Waals surface area contributed by atoms with Crippen LogP contribution < -0.4 is 10.1 Å². The van der Waals surface area contributed by atoms with Crippen LogP contribution in [0.3, 0.4) is 0 Å². The van der Waals surface area contributed by atoms with Gasteiger partial charge in [0.2, 0.25) is 0 Å². The van der Waals surface area contributed by atoms with Crippen LogP contribution in [0.1, 0.15) is 26.3 Å². The number of carbonyl (C=O) groups excluding carboxylic acids is 1. The van der Waals surface area contributed by atoms with E-state index in [0.717, 1.165) is 12.1 Å². The molecule has 116 valence electrons. The molecule has 1 aliphatic heterocycles. The highest BCUT2D eigenvalue weighted by atomic mass is 35.5. The number of halogens is 1. The SMILES string of the molecule is Cc1ccc(Cl)c(OC(C)C(=O)N2CCNC(C)C2C)c1. The van der Waals surface area contributed by atoms with Crippen molar-refractivity contribution < 1.29 is 9.53 Å². The van der Waals surface area contributed by atoms with E-state index >= 15 is 0 Å². The molecule has 0 saturated carbocycles. The molecule has 0 bridgehead atoms. The highest BCUT2D eigenvalue weighted by molar-refractivity contribution is 6.32. The summed E-state index contributed by atoms with van der Waals surface area (Å²) in [6.07, 6.45) is -0.544. The van der Waals surface area contributed by atoms with Crippen LogP contribution in [-0.2, 0) is 4.79 Å². The Labute approximate surface area is 131 Å². The molecule has 3 unspecified atom stereocenters. The zero-order valence-electron chi connectivity index (χ0n) is 13.0. The van der Waals surface area contributed by atoms with Gasteiger partial charge in [0.25, 0.3) is 5.91 Å². The number of nitrogens with zero attached hydrogens (tertiary/aromatic N) is 1. The lowest BCUT2D eigenvalue weighted by atomic mass is 10.1. The molecule has 1 saturated heterocycles. The van der Waals surface area contributed by atoms with Crippen LogP contribution in [-0.4, -0.2) is 42.1 Å². The number of nitrogens with one attached hydrogen (secondary N) is 1. The highest BCUT2D eigenvalue weighted by Gasteiger charge is 2.31. The number of amides is 1. The normalized spacial score (nSPS) is 23.8. The van der Waals surface area contributed by atoms with Crippen molar-refractivity contribution in [2.45, 2.75) is 45.9 Å². The predicted octanol–water partition coefficient (Wildman–Crippen LogP) is 2.62. The highest BCUT2D eigenvalue weighted by Crippen LogP contribution is 2.26. The predicted molar refractivity (Wildman–Crippen MR) is 84.9 cm³/mol. The van der Waals surface area contributed by atoms with Gasteiger partial charge in [-0.2, -0.15) is 0 Å². The molecule has 0 spiro atoms. The molecule has 0 aromatic heterocycles. The smallest absolute Gasteiger partial charge is 0.263 e. The van der Waals surface area contributed by atoms with Gasteiger partial charge in [0.05, 0.1) is 5.02 Å². The second-order valence-electron chi connectivity index (χ2n) is 5.71. The van der Waals surface area contributed by atoms with Crippen molar-refractivity contribution in [3.8, 4) is 5.75 Å². The van der Waals surface area contributed by atoms with Crippen molar-refractivity contribution in [3.05, 3.63) is 28.8 Å². The Bertz CT molecular complexity index is 521. The summed E-state index contributed by atoms with van der Waals surface area (Å²) in [5.74, 6) is 0.571. The number of hydrogen-bond acceptors (Lipinski definition) is 3. The maximum Gasteiger partial charge on any atom is 0.263 e. The van der Waals surface area contributed by atoms with Crippen LogP contribution in [0, 0.1) is 6.92 Å². The van der Waals surface area contributed by atoms with Gasteiger partial charge in [-0.15, -0.1) is 0 Å². The molecule has 0 radical (unpaired) electrons. The summed E-state index contributed by atoms with van der Waals surface area (Å²) in [6.45, 7) is 9.42. The van der Waals surface area contributed by atoms with Crippen LogP contribution in [0.2, 0.25) is 5.02 Å². The number of rotatable bonds is 3. The molecular formula is C16H23ClN2O2. The molecule has 0 aliphatic carbocycles. The summed E-state index contributed by atoms with van der Waals surface area (Å²) in [6, 6.07) is 6.01. The molecule has 21 heavy (non-hydrogen) atoms. The molecule has 1 aliphatic rings. The summed E-state index contributed by atoms with van der Waals surface area (Å²) in [7, 11) is 0. The fourth-order valence-corrected chi connectivity index (χ4v) is 2.71. The Hall–Kier alpha value is -1.26. The van der Waals surface area contributed by atoms with Crippen molar-refractivity contribution in [1.82, 2.24) is 10.2 Å². The average molecular weight is 311 g/mol. The molecule has 1 N–H and O–H groups in total. The van der Waals surface area contributed by atoms with E-state index in [9.17, 15) is 4.79 Å². The minimum atomic E-state index is -0.544. The molecule has 3 atom stereocenters. The number of aryl methyl sites for hydroxylation is 1. The molecule has 1 heterocycles.